The summed E-state index contributed by atoms with van der Waals surface area (Å²) in [5.74, 6) is 0. The fraction of sp³-hybridized carbons (Fsp3) is 0. The molecule has 5 aromatic carbocycles. The van der Waals surface area contributed by atoms with E-state index in [2.05, 4.69) is 146 Å². The Morgan fingerprint density at radius 1 is 0.378 bits per heavy atom. The van der Waals surface area contributed by atoms with Gasteiger partial charge in [0.1, 0.15) is 0 Å². The van der Waals surface area contributed by atoms with Gasteiger partial charge < -0.3 is 0 Å². The summed E-state index contributed by atoms with van der Waals surface area (Å²) < 4.78 is 1.97. The van der Waals surface area contributed by atoms with Gasteiger partial charge in [0.25, 0.3) is 0 Å². The SMILES string of the molecule is c1ccc(-c2cc(-c3ccccc3)cc(-c3ccc(-c4cc5cc6ccccc6cn5n4)cc3)c2)cc1. The summed E-state index contributed by atoms with van der Waals surface area (Å²) in [4.78, 5) is 0. The van der Waals surface area contributed by atoms with Crippen LogP contribution in [0.3, 0.4) is 0 Å². The Balaban J connectivity index is 1.29. The van der Waals surface area contributed by atoms with E-state index in [4.69, 9.17) is 5.10 Å². The van der Waals surface area contributed by atoms with Crippen molar-refractivity contribution >= 4 is 16.3 Å². The Labute approximate surface area is 216 Å². The molecule has 37 heavy (non-hydrogen) atoms. The van der Waals surface area contributed by atoms with Crippen LogP contribution in [0.1, 0.15) is 0 Å². The molecular formula is C35H24N2. The quantitative estimate of drug-likeness (QED) is 0.250. The van der Waals surface area contributed by atoms with Gasteiger partial charge in [0.15, 0.2) is 0 Å². The number of rotatable bonds is 4. The molecular weight excluding hydrogens is 448 g/mol. The minimum atomic E-state index is 0.977. The van der Waals surface area contributed by atoms with E-state index in [0.29, 0.717) is 0 Å². The molecule has 0 aliphatic heterocycles. The van der Waals surface area contributed by atoms with Crippen LogP contribution < -0.4 is 0 Å². The highest BCUT2D eigenvalue weighted by atomic mass is 15.2. The van der Waals surface area contributed by atoms with Crippen molar-refractivity contribution in [2.24, 2.45) is 0 Å². The average molecular weight is 473 g/mol. The molecule has 0 fully saturated rings. The standard InChI is InChI=1S/C35H24N2/c1-3-9-25(10-4-1)31-19-32(26-11-5-2-6-12-26)21-33(20-31)27-15-17-28(18-16-27)35-23-34-22-29-13-7-8-14-30(29)24-37(34)36-35/h1-24H. The van der Waals surface area contributed by atoms with Crippen molar-refractivity contribution in [3.8, 4) is 44.6 Å². The Bertz CT molecular complexity index is 1740. The molecule has 174 valence electrons. The van der Waals surface area contributed by atoms with Crippen LogP contribution in [0, 0.1) is 0 Å². The summed E-state index contributed by atoms with van der Waals surface area (Å²) in [6.45, 7) is 0. The fourth-order valence-electron chi connectivity index (χ4n) is 5.03. The van der Waals surface area contributed by atoms with Crippen molar-refractivity contribution < 1.29 is 0 Å². The lowest BCUT2D eigenvalue weighted by Gasteiger charge is -2.11. The van der Waals surface area contributed by atoms with Gasteiger partial charge in [0, 0.05) is 17.1 Å². The van der Waals surface area contributed by atoms with Crippen molar-refractivity contribution in [2.45, 2.75) is 0 Å². The van der Waals surface area contributed by atoms with Crippen molar-refractivity contribution in [3.05, 3.63) is 146 Å². The molecule has 0 N–H and O–H groups in total. The highest BCUT2D eigenvalue weighted by Crippen LogP contribution is 2.34. The zero-order chi connectivity index (χ0) is 24.6. The zero-order valence-corrected chi connectivity index (χ0v) is 20.3. The lowest BCUT2D eigenvalue weighted by Crippen LogP contribution is -1.88. The smallest absolute Gasteiger partial charge is 0.0933 e. The van der Waals surface area contributed by atoms with Crippen molar-refractivity contribution in [2.75, 3.05) is 0 Å². The average Bonchev–Trinajstić information content (AvgIpc) is 3.39. The molecule has 0 amide bonds. The molecule has 0 bridgehead atoms. The molecule has 0 aliphatic rings. The number of aromatic nitrogens is 2. The molecule has 2 aromatic heterocycles. The van der Waals surface area contributed by atoms with Gasteiger partial charge in [0.2, 0.25) is 0 Å². The first kappa shape index (κ1) is 21.3. The molecule has 7 aromatic rings. The van der Waals surface area contributed by atoms with Gasteiger partial charge in [-0.2, -0.15) is 5.10 Å². The van der Waals surface area contributed by atoms with Crippen molar-refractivity contribution in [1.29, 1.82) is 0 Å². The maximum Gasteiger partial charge on any atom is 0.0933 e. The highest BCUT2D eigenvalue weighted by molar-refractivity contribution is 5.86. The van der Waals surface area contributed by atoms with E-state index in [1.54, 1.807) is 0 Å². The van der Waals surface area contributed by atoms with E-state index in [0.717, 1.165) is 16.8 Å². The second-order valence-electron chi connectivity index (χ2n) is 9.41. The number of benzene rings is 5. The van der Waals surface area contributed by atoms with Gasteiger partial charge in [-0.1, -0.05) is 109 Å². The number of hydrogen-bond acceptors (Lipinski definition) is 1. The largest absolute Gasteiger partial charge is 0.240 e. The molecule has 0 atom stereocenters. The number of hydrogen-bond donors (Lipinski definition) is 0. The molecule has 7 rings (SSSR count). The molecule has 2 heteroatoms. The molecule has 0 saturated heterocycles. The van der Waals surface area contributed by atoms with Crippen LogP contribution in [0.15, 0.2) is 146 Å². The van der Waals surface area contributed by atoms with E-state index < -0.39 is 0 Å². The summed E-state index contributed by atoms with van der Waals surface area (Å²) in [5, 5.41) is 7.27. The Kier molecular flexibility index (Phi) is 5.15. The van der Waals surface area contributed by atoms with Gasteiger partial charge in [-0.3, -0.25) is 0 Å². The molecule has 0 spiro atoms. The number of nitrogens with zero attached hydrogens (tertiary/aromatic N) is 2. The third-order valence-electron chi connectivity index (χ3n) is 6.99. The fourth-order valence-corrected chi connectivity index (χ4v) is 5.03. The Morgan fingerprint density at radius 2 is 0.865 bits per heavy atom. The van der Waals surface area contributed by atoms with E-state index in [-0.39, 0.29) is 0 Å². The summed E-state index contributed by atoms with van der Waals surface area (Å²) in [7, 11) is 0. The van der Waals surface area contributed by atoms with Crippen LogP contribution in [0.4, 0.5) is 0 Å². The molecule has 2 nitrogen and oxygen atoms in total. The first-order chi connectivity index (χ1) is 18.3. The van der Waals surface area contributed by atoms with Crippen LogP contribution >= 0.6 is 0 Å². The topological polar surface area (TPSA) is 17.3 Å². The maximum absolute atomic E-state index is 4.86. The zero-order valence-electron chi connectivity index (χ0n) is 20.3. The maximum atomic E-state index is 4.86. The predicted octanol–water partition coefficient (Wildman–Crippen LogP) is 9.16. The van der Waals surface area contributed by atoms with Gasteiger partial charge in [-0.05, 0) is 69.1 Å². The number of pyridine rings is 1. The third kappa shape index (κ3) is 4.09. The van der Waals surface area contributed by atoms with Gasteiger partial charge in [0.05, 0.1) is 11.2 Å². The monoisotopic (exact) mass is 472 g/mol. The van der Waals surface area contributed by atoms with Crippen LogP contribution in [0.2, 0.25) is 0 Å². The third-order valence-corrected chi connectivity index (χ3v) is 6.99. The van der Waals surface area contributed by atoms with Crippen LogP contribution in [0.5, 0.6) is 0 Å². The van der Waals surface area contributed by atoms with E-state index in [1.165, 1.54) is 44.2 Å². The van der Waals surface area contributed by atoms with E-state index in [9.17, 15) is 0 Å². The summed E-state index contributed by atoms with van der Waals surface area (Å²) in [5.41, 5.74) is 10.4. The predicted molar refractivity (Wildman–Crippen MR) is 154 cm³/mol. The van der Waals surface area contributed by atoms with Crippen LogP contribution in [-0.4, -0.2) is 9.61 Å². The molecule has 0 unspecified atom stereocenters. The van der Waals surface area contributed by atoms with Gasteiger partial charge >= 0.3 is 0 Å². The van der Waals surface area contributed by atoms with Gasteiger partial charge in [-0.15, -0.1) is 0 Å². The Morgan fingerprint density at radius 3 is 1.46 bits per heavy atom. The molecule has 0 saturated carbocycles. The summed E-state index contributed by atoms with van der Waals surface area (Å²) in [6.07, 6.45) is 2.10. The van der Waals surface area contributed by atoms with Crippen LogP contribution in [-0.2, 0) is 0 Å². The summed E-state index contributed by atoms with van der Waals surface area (Å²) >= 11 is 0. The van der Waals surface area contributed by atoms with E-state index >= 15 is 0 Å². The van der Waals surface area contributed by atoms with Gasteiger partial charge in [-0.25, -0.2) is 4.52 Å². The normalized spacial score (nSPS) is 11.2. The van der Waals surface area contributed by atoms with Crippen LogP contribution in [0.25, 0.3) is 60.9 Å². The second kappa shape index (κ2) is 8.92. The van der Waals surface area contributed by atoms with E-state index in [1.807, 2.05) is 4.52 Å². The van der Waals surface area contributed by atoms with Crippen molar-refractivity contribution in [1.82, 2.24) is 9.61 Å². The molecule has 0 aliphatic carbocycles. The lowest BCUT2D eigenvalue weighted by atomic mass is 9.93. The first-order valence-electron chi connectivity index (χ1n) is 12.6. The summed E-state index contributed by atoms with van der Waals surface area (Å²) in [6, 6.07) is 49.5. The molecule has 0 radical (unpaired) electrons. The lowest BCUT2D eigenvalue weighted by molar-refractivity contribution is 0.974. The minimum Gasteiger partial charge on any atom is -0.240 e. The Hall–Kier alpha value is -4.95. The molecule has 2 heterocycles. The second-order valence-corrected chi connectivity index (χ2v) is 9.41. The first-order valence-corrected chi connectivity index (χ1v) is 12.6. The minimum absolute atomic E-state index is 0.977. The number of fused-ring (bicyclic) bond motifs is 2. The highest BCUT2D eigenvalue weighted by Gasteiger charge is 2.10. The van der Waals surface area contributed by atoms with Crippen molar-refractivity contribution in [3.63, 3.8) is 0 Å².